The average molecular weight is 265 g/mol. The lowest BCUT2D eigenvalue weighted by Gasteiger charge is -2.37. The Morgan fingerprint density at radius 2 is 2.11 bits per heavy atom. The predicted octanol–water partition coefficient (Wildman–Crippen LogP) is 1.76. The highest BCUT2D eigenvalue weighted by atomic mass is 32.2. The molecule has 0 radical (unpaired) electrons. The number of likely N-dealkylation sites (tertiary alicyclic amines) is 1. The standard InChI is InChI=1S/C14H19NO2S/c1-11(14(17)15-7-13(16)8-15)9-18-10-12-5-3-2-4-6-12/h2-6,11,13,16H,7-10H2,1H3. The first kappa shape index (κ1) is 13.4. The van der Waals surface area contributed by atoms with Crippen molar-refractivity contribution in [3.05, 3.63) is 35.9 Å². The molecule has 0 aromatic heterocycles. The number of aliphatic hydroxyl groups is 1. The molecule has 1 aliphatic heterocycles. The lowest BCUT2D eigenvalue weighted by Crippen LogP contribution is -2.55. The third-order valence-electron chi connectivity index (χ3n) is 3.07. The molecule has 1 aromatic carbocycles. The summed E-state index contributed by atoms with van der Waals surface area (Å²) in [5.41, 5.74) is 1.29. The summed E-state index contributed by atoms with van der Waals surface area (Å²) < 4.78 is 0. The van der Waals surface area contributed by atoms with E-state index in [1.807, 2.05) is 25.1 Å². The van der Waals surface area contributed by atoms with Crippen LogP contribution in [0.15, 0.2) is 30.3 Å². The van der Waals surface area contributed by atoms with Crippen molar-refractivity contribution in [2.75, 3.05) is 18.8 Å². The van der Waals surface area contributed by atoms with Crippen LogP contribution in [-0.2, 0) is 10.5 Å². The monoisotopic (exact) mass is 265 g/mol. The number of hydrogen-bond acceptors (Lipinski definition) is 3. The van der Waals surface area contributed by atoms with Crippen molar-refractivity contribution in [2.24, 2.45) is 5.92 Å². The van der Waals surface area contributed by atoms with E-state index in [9.17, 15) is 9.90 Å². The summed E-state index contributed by atoms with van der Waals surface area (Å²) in [5.74, 6) is 1.98. The van der Waals surface area contributed by atoms with E-state index in [2.05, 4.69) is 12.1 Å². The number of aliphatic hydroxyl groups excluding tert-OH is 1. The Hall–Kier alpha value is -1.00. The SMILES string of the molecule is CC(CSCc1ccccc1)C(=O)N1CC(O)C1. The van der Waals surface area contributed by atoms with Crippen LogP contribution in [0.3, 0.4) is 0 Å². The Bertz CT molecular complexity index is 390. The molecule has 1 heterocycles. The first-order valence-electron chi connectivity index (χ1n) is 6.25. The first-order chi connectivity index (χ1) is 8.66. The zero-order chi connectivity index (χ0) is 13.0. The summed E-state index contributed by atoms with van der Waals surface area (Å²) in [5, 5.41) is 9.17. The van der Waals surface area contributed by atoms with E-state index >= 15 is 0 Å². The largest absolute Gasteiger partial charge is 0.389 e. The number of thioether (sulfide) groups is 1. The van der Waals surface area contributed by atoms with Crippen LogP contribution in [0.25, 0.3) is 0 Å². The van der Waals surface area contributed by atoms with Gasteiger partial charge in [0.15, 0.2) is 0 Å². The van der Waals surface area contributed by atoms with Gasteiger partial charge in [0.05, 0.1) is 6.10 Å². The van der Waals surface area contributed by atoms with Crippen LogP contribution in [-0.4, -0.2) is 40.9 Å². The molecule has 0 bridgehead atoms. The summed E-state index contributed by atoms with van der Waals surface area (Å²) in [6.45, 7) is 2.98. The van der Waals surface area contributed by atoms with Crippen LogP contribution < -0.4 is 0 Å². The molecule has 0 aliphatic carbocycles. The molecule has 1 atom stereocenters. The summed E-state index contributed by atoms with van der Waals surface area (Å²) in [6, 6.07) is 10.3. The third-order valence-corrected chi connectivity index (χ3v) is 4.35. The van der Waals surface area contributed by atoms with Gasteiger partial charge in [-0.3, -0.25) is 4.79 Å². The number of carbonyl (C=O) groups excluding carboxylic acids is 1. The average Bonchev–Trinajstić information content (AvgIpc) is 2.35. The van der Waals surface area contributed by atoms with Crippen LogP contribution in [0, 0.1) is 5.92 Å². The van der Waals surface area contributed by atoms with Crippen molar-refractivity contribution in [3.8, 4) is 0 Å². The maximum absolute atomic E-state index is 11.9. The maximum atomic E-state index is 11.9. The molecule has 1 N–H and O–H groups in total. The Kier molecular flexibility index (Phi) is 4.66. The summed E-state index contributed by atoms with van der Waals surface area (Å²) >= 11 is 1.79. The zero-order valence-electron chi connectivity index (χ0n) is 10.6. The molecule has 3 nitrogen and oxygen atoms in total. The number of benzene rings is 1. The van der Waals surface area contributed by atoms with E-state index in [0.29, 0.717) is 13.1 Å². The van der Waals surface area contributed by atoms with Gasteiger partial charge >= 0.3 is 0 Å². The molecule has 1 fully saturated rings. The normalized spacial score (nSPS) is 17.3. The van der Waals surface area contributed by atoms with Gasteiger partial charge in [-0.05, 0) is 5.56 Å². The number of rotatable bonds is 5. The molecule has 18 heavy (non-hydrogen) atoms. The van der Waals surface area contributed by atoms with Crippen LogP contribution in [0.2, 0.25) is 0 Å². The first-order valence-corrected chi connectivity index (χ1v) is 7.41. The van der Waals surface area contributed by atoms with Crippen LogP contribution in [0.1, 0.15) is 12.5 Å². The minimum atomic E-state index is -0.307. The van der Waals surface area contributed by atoms with Gasteiger partial charge in [-0.2, -0.15) is 11.8 Å². The second-order valence-corrected chi connectivity index (χ2v) is 5.83. The fraction of sp³-hybridized carbons (Fsp3) is 0.500. The van der Waals surface area contributed by atoms with Crippen molar-refractivity contribution >= 4 is 17.7 Å². The quantitative estimate of drug-likeness (QED) is 0.882. The van der Waals surface area contributed by atoms with Crippen molar-refractivity contribution in [1.29, 1.82) is 0 Å². The Labute approximate surface area is 112 Å². The highest BCUT2D eigenvalue weighted by molar-refractivity contribution is 7.98. The lowest BCUT2D eigenvalue weighted by molar-refractivity contribution is -0.144. The van der Waals surface area contributed by atoms with Gasteiger partial charge in [0.2, 0.25) is 5.91 Å². The fourth-order valence-corrected chi connectivity index (χ4v) is 2.99. The molecular formula is C14H19NO2S. The molecule has 1 unspecified atom stereocenters. The highest BCUT2D eigenvalue weighted by Crippen LogP contribution is 2.19. The van der Waals surface area contributed by atoms with Gasteiger partial charge in [-0.25, -0.2) is 0 Å². The number of amides is 1. The molecule has 1 amide bonds. The molecular weight excluding hydrogens is 246 g/mol. The summed E-state index contributed by atoms with van der Waals surface area (Å²) in [6.07, 6.45) is -0.307. The van der Waals surface area contributed by atoms with Crippen molar-refractivity contribution in [2.45, 2.75) is 18.8 Å². The highest BCUT2D eigenvalue weighted by Gasteiger charge is 2.31. The van der Waals surface area contributed by atoms with Gasteiger partial charge in [0.1, 0.15) is 0 Å². The lowest BCUT2D eigenvalue weighted by atomic mass is 10.1. The van der Waals surface area contributed by atoms with Crippen molar-refractivity contribution < 1.29 is 9.90 Å². The van der Waals surface area contributed by atoms with E-state index in [1.165, 1.54) is 5.56 Å². The molecule has 1 aliphatic rings. The van der Waals surface area contributed by atoms with Gasteiger partial charge in [-0.1, -0.05) is 37.3 Å². The van der Waals surface area contributed by atoms with E-state index in [-0.39, 0.29) is 17.9 Å². The van der Waals surface area contributed by atoms with Crippen molar-refractivity contribution in [1.82, 2.24) is 4.90 Å². The number of nitrogens with zero attached hydrogens (tertiary/aromatic N) is 1. The summed E-state index contributed by atoms with van der Waals surface area (Å²) in [4.78, 5) is 13.6. The molecule has 0 spiro atoms. The maximum Gasteiger partial charge on any atom is 0.226 e. The smallest absolute Gasteiger partial charge is 0.226 e. The second kappa shape index (κ2) is 6.25. The third kappa shape index (κ3) is 3.50. The Morgan fingerprint density at radius 1 is 1.44 bits per heavy atom. The van der Waals surface area contributed by atoms with Gasteiger partial charge in [-0.15, -0.1) is 0 Å². The van der Waals surface area contributed by atoms with Crippen LogP contribution in [0.5, 0.6) is 0 Å². The molecule has 4 heteroatoms. The van der Waals surface area contributed by atoms with E-state index < -0.39 is 0 Å². The van der Waals surface area contributed by atoms with Crippen LogP contribution >= 0.6 is 11.8 Å². The molecule has 98 valence electrons. The molecule has 0 saturated carbocycles. The van der Waals surface area contributed by atoms with E-state index in [1.54, 1.807) is 16.7 Å². The Morgan fingerprint density at radius 3 is 2.72 bits per heavy atom. The minimum absolute atomic E-state index is 0.0335. The molecule has 1 aromatic rings. The Balaban J connectivity index is 1.68. The number of carbonyl (C=O) groups is 1. The molecule has 1 saturated heterocycles. The second-order valence-electron chi connectivity index (χ2n) is 4.80. The van der Waals surface area contributed by atoms with Gasteiger partial charge < -0.3 is 10.0 Å². The van der Waals surface area contributed by atoms with Crippen LogP contribution in [0.4, 0.5) is 0 Å². The topological polar surface area (TPSA) is 40.5 Å². The van der Waals surface area contributed by atoms with E-state index in [0.717, 1.165) is 11.5 Å². The zero-order valence-corrected chi connectivity index (χ0v) is 11.4. The minimum Gasteiger partial charge on any atom is -0.389 e. The molecule has 2 rings (SSSR count). The summed E-state index contributed by atoms with van der Waals surface area (Å²) in [7, 11) is 0. The predicted molar refractivity (Wildman–Crippen MR) is 74.4 cm³/mol. The number of β-amino-alcohol motifs (C(OH)–C–C–N with tert-alkyl or cyclic N) is 1. The fourth-order valence-electron chi connectivity index (χ4n) is 1.95. The van der Waals surface area contributed by atoms with E-state index in [4.69, 9.17) is 0 Å². The number of hydrogen-bond donors (Lipinski definition) is 1. The van der Waals surface area contributed by atoms with Gasteiger partial charge in [0, 0.05) is 30.5 Å². The van der Waals surface area contributed by atoms with Crippen molar-refractivity contribution in [3.63, 3.8) is 0 Å². The van der Waals surface area contributed by atoms with Gasteiger partial charge in [0.25, 0.3) is 0 Å².